The second kappa shape index (κ2) is 8.49. The van der Waals surface area contributed by atoms with E-state index < -0.39 is 5.97 Å². The van der Waals surface area contributed by atoms with Crippen molar-refractivity contribution in [2.75, 3.05) is 13.2 Å². The Morgan fingerprint density at radius 3 is 2.46 bits per heavy atom. The molecule has 0 spiro atoms. The molecule has 0 saturated carbocycles. The van der Waals surface area contributed by atoms with E-state index in [4.69, 9.17) is 9.84 Å². The Labute approximate surface area is 152 Å². The van der Waals surface area contributed by atoms with Crippen molar-refractivity contribution in [1.82, 2.24) is 10.6 Å². The smallest absolute Gasteiger partial charge is 0.335 e. The van der Waals surface area contributed by atoms with Gasteiger partial charge in [0.2, 0.25) is 0 Å². The van der Waals surface area contributed by atoms with Gasteiger partial charge in [0, 0.05) is 25.6 Å². The number of carboxylic acid groups (broad SMARTS) is 1. The average Bonchev–Trinajstić information content (AvgIpc) is 3.14. The van der Waals surface area contributed by atoms with E-state index in [0.29, 0.717) is 19.7 Å². The summed E-state index contributed by atoms with van der Waals surface area (Å²) in [5.74, 6) is -0.716. The van der Waals surface area contributed by atoms with Crippen LogP contribution < -0.4 is 10.6 Å². The largest absolute Gasteiger partial charge is 0.478 e. The van der Waals surface area contributed by atoms with Crippen LogP contribution in [0.1, 0.15) is 34.0 Å². The fourth-order valence-electron chi connectivity index (χ4n) is 3.09. The van der Waals surface area contributed by atoms with Crippen molar-refractivity contribution in [3.05, 3.63) is 71.3 Å². The molecule has 0 bridgehead atoms. The summed E-state index contributed by atoms with van der Waals surface area (Å²) in [5.41, 5.74) is 2.21. The topological polar surface area (TPSA) is 87.7 Å². The fourth-order valence-corrected chi connectivity index (χ4v) is 3.09. The average molecular weight is 354 g/mol. The molecule has 136 valence electrons. The predicted molar refractivity (Wildman–Crippen MR) is 96.9 cm³/mol. The third-order valence-electron chi connectivity index (χ3n) is 4.52. The zero-order valence-corrected chi connectivity index (χ0v) is 14.4. The van der Waals surface area contributed by atoms with Crippen molar-refractivity contribution in [1.29, 1.82) is 0 Å². The number of urea groups is 1. The summed E-state index contributed by atoms with van der Waals surface area (Å²) in [6.45, 7) is 1.59. The van der Waals surface area contributed by atoms with Gasteiger partial charge < -0.3 is 20.5 Å². The van der Waals surface area contributed by atoms with E-state index in [9.17, 15) is 9.59 Å². The highest BCUT2D eigenvalue weighted by atomic mass is 16.5. The molecule has 0 unspecified atom stereocenters. The number of ether oxygens (including phenoxy) is 1. The Morgan fingerprint density at radius 1 is 1.04 bits per heavy atom. The first-order chi connectivity index (χ1) is 12.6. The molecule has 3 N–H and O–H groups in total. The van der Waals surface area contributed by atoms with Crippen molar-refractivity contribution in [2.24, 2.45) is 5.92 Å². The highest BCUT2D eigenvalue weighted by Crippen LogP contribution is 2.33. The van der Waals surface area contributed by atoms with Crippen molar-refractivity contribution >= 4 is 12.0 Å². The number of amides is 2. The van der Waals surface area contributed by atoms with E-state index in [2.05, 4.69) is 10.6 Å². The fraction of sp³-hybridized carbons (Fsp3) is 0.300. The summed E-state index contributed by atoms with van der Waals surface area (Å²) in [4.78, 5) is 22.9. The SMILES string of the molecule is O=C(NCc1ccc(C(=O)O)cc1)NC[C@H]1CCO[C@@H]1c1ccccc1. The molecule has 2 aromatic carbocycles. The van der Waals surface area contributed by atoms with E-state index >= 15 is 0 Å². The number of nitrogens with one attached hydrogen (secondary N) is 2. The summed E-state index contributed by atoms with van der Waals surface area (Å²) in [6.07, 6.45) is 0.927. The van der Waals surface area contributed by atoms with Gasteiger partial charge in [-0.1, -0.05) is 42.5 Å². The standard InChI is InChI=1S/C20H22N2O4/c23-19(24)16-8-6-14(7-9-16)12-21-20(25)22-13-17-10-11-26-18(17)15-4-2-1-3-5-15/h1-9,17-18H,10-13H2,(H,23,24)(H2,21,22,25)/t17-,18-/m1/s1. The molecule has 1 heterocycles. The molecule has 1 saturated heterocycles. The first kappa shape index (κ1) is 17.9. The van der Waals surface area contributed by atoms with E-state index in [-0.39, 0.29) is 23.6 Å². The molecule has 6 heteroatoms. The summed E-state index contributed by atoms with van der Waals surface area (Å²) >= 11 is 0. The zero-order chi connectivity index (χ0) is 18.4. The van der Waals surface area contributed by atoms with Gasteiger partial charge in [0.1, 0.15) is 0 Å². The van der Waals surface area contributed by atoms with E-state index in [1.807, 2.05) is 30.3 Å². The minimum Gasteiger partial charge on any atom is -0.478 e. The van der Waals surface area contributed by atoms with Crippen LogP contribution in [0.4, 0.5) is 4.79 Å². The van der Waals surface area contributed by atoms with Crippen LogP contribution in [-0.4, -0.2) is 30.3 Å². The number of rotatable bonds is 6. The van der Waals surface area contributed by atoms with Gasteiger partial charge in [0.05, 0.1) is 11.7 Å². The molecule has 0 radical (unpaired) electrons. The third kappa shape index (κ3) is 4.61. The molecule has 1 aliphatic rings. The molecule has 2 amide bonds. The second-order valence-corrected chi connectivity index (χ2v) is 6.32. The molecule has 6 nitrogen and oxygen atoms in total. The van der Waals surface area contributed by atoms with Crippen LogP contribution in [0, 0.1) is 5.92 Å². The lowest BCUT2D eigenvalue weighted by Crippen LogP contribution is -2.38. The van der Waals surface area contributed by atoms with Crippen LogP contribution in [0.15, 0.2) is 54.6 Å². The lowest BCUT2D eigenvalue weighted by atomic mass is 9.95. The summed E-state index contributed by atoms with van der Waals surface area (Å²) in [5, 5.41) is 14.6. The second-order valence-electron chi connectivity index (χ2n) is 6.32. The van der Waals surface area contributed by atoms with Crippen LogP contribution >= 0.6 is 0 Å². The van der Waals surface area contributed by atoms with Crippen molar-refractivity contribution in [3.63, 3.8) is 0 Å². The summed E-state index contributed by atoms with van der Waals surface area (Å²) in [7, 11) is 0. The molecule has 3 rings (SSSR count). The Hall–Kier alpha value is -2.86. The molecule has 2 atom stereocenters. The highest BCUT2D eigenvalue weighted by molar-refractivity contribution is 5.87. The highest BCUT2D eigenvalue weighted by Gasteiger charge is 2.29. The molecule has 2 aromatic rings. The van der Waals surface area contributed by atoms with E-state index in [1.165, 1.54) is 12.1 Å². The molecule has 1 fully saturated rings. The van der Waals surface area contributed by atoms with Crippen LogP contribution in [0.2, 0.25) is 0 Å². The van der Waals surface area contributed by atoms with Gasteiger partial charge in [-0.05, 0) is 29.7 Å². The maximum absolute atomic E-state index is 12.0. The van der Waals surface area contributed by atoms with Crippen molar-refractivity contribution in [3.8, 4) is 0 Å². The molecule has 26 heavy (non-hydrogen) atoms. The maximum atomic E-state index is 12.0. The van der Waals surface area contributed by atoms with Crippen LogP contribution in [0.3, 0.4) is 0 Å². The Kier molecular flexibility index (Phi) is 5.86. The van der Waals surface area contributed by atoms with E-state index in [1.54, 1.807) is 12.1 Å². The van der Waals surface area contributed by atoms with Crippen molar-refractivity contribution < 1.29 is 19.4 Å². The van der Waals surface area contributed by atoms with Gasteiger partial charge in [-0.25, -0.2) is 9.59 Å². The van der Waals surface area contributed by atoms with E-state index in [0.717, 1.165) is 17.5 Å². The lowest BCUT2D eigenvalue weighted by Gasteiger charge is -2.19. The molecular formula is C20H22N2O4. The van der Waals surface area contributed by atoms with Gasteiger partial charge in [0.25, 0.3) is 0 Å². The van der Waals surface area contributed by atoms with Gasteiger partial charge in [-0.3, -0.25) is 0 Å². The number of hydrogen-bond acceptors (Lipinski definition) is 3. The minimum atomic E-state index is -0.964. The first-order valence-electron chi connectivity index (χ1n) is 8.64. The van der Waals surface area contributed by atoms with Crippen LogP contribution in [-0.2, 0) is 11.3 Å². The number of carboxylic acids is 1. The Balaban J connectivity index is 1.45. The first-order valence-corrected chi connectivity index (χ1v) is 8.64. The number of benzene rings is 2. The number of carbonyl (C=O) groups excluding carboxylic acids is 1. The minimum absolute atomic E-state index is 0.0139. The Bertz CT molecular complexity index is 746. The van der Waals surface area contributed by atoms with Crippen molar-refractivity contribution in [2.45, 2.75) is 19.1 Å². The quantitative estimate of drug-likeness (QED) is 0.744. The predicted octanol–water partition coefficient (Wildman–Crippen LogP) is 2.96. The lowest BCUT2D eigenvalue weighted by molar-refractivity contribution is 0.0696. The molecule has 0 aromatic heterocycles. The number of carbonyl (C=O) groups is 2. The number of hydrogen-bond donors (Lipinski definition) is 3. The zero-order valence-electron chi connectivity index (χ0n) is 14.4. The van der Waals surface area contributed by atoms with Crippen LogP contribution in [0.5, 0.6) is 0 Å². The summed E-state index contributed by atoms with van der Waals surface area (Å²) < 4.78 is 5.82. The molecule has 0 aliphatic carbocycles. The van der Waals surface area contributed by atoms with Gasteiger partial charge >= 0.3 is 12.0 Å². The monoisotopic (exact) mass is 354 g/mol. The maximum Gasteiger partial charge on any atom is 0.335 e. The molecule has 1 aliphatic heterocycles. The number of aromatic carboxylic acids is 1. The normalized spacial score (nSPS) is 19.1. The van der Waals surface area contributed by atoms with Crippen LogP contribution in [0.25, 0.3) is 0 Å². The summed E-state index contributed by atoms with van der Waals surface area (Å²) in [6, 6.07) is 16.2. The Morgan fingerprint density at radius 2 is 1.77 bits per heavy atom. The third-order valence-corrected chi connectivity index (χ3v) is 4.52. The van der Waals surface area contributed by atoms with Gasteiger partial charge in [-0.15, -0.1) is 0 Å². The van der Waals surface area contributed by atoms with Gasteiger partial charge in [0.15, 0.2) is 0 Å². The van der Waals surface area contributed by atoms with Gasteiger partial charge in [-0.2, -0.15) is 0 Å². The molecular weight excluding hydrogens is 332 g/mol.